The van der Waals surface area contributed by atoms with Crippen LogP contribution in [0.2, 0.25) is 0 Å². The zero-order valence-corrected chi connectivity index (χ0v) is 12.9. The molecular weight excluding hydrogens is 308 g/mol. The van der Waals surface area contributed by atoms with Crippen molar-refractivity contribution in [1.29, 1.82) is 0 Å². The molecule has 118 valence electrons. The van der Waals surface area contributed by atoms with E-state index < -0.39 is 21.9 Å². The number of nitrogens with one attached hydrogen (secondary N) is 1. The Labute approximate surface area is 127 Å². The number of benzene rings is 1. The Morgan fingerprint density at radius 3 is 2.64 bits per heavy atom. The second-order valence-electron chi connectivity index (χ2n) is 5.10. The number of nitrogens with zero attached hydrogens (tertiary/aromatic N) is 1. The summed E-state index contributed by atoms with van der Waals surface area (Å²) in [5.41, 5.74) is 0.267. The van der Waals surface area contributed by atoms with E-state index in [1.165, 1.54) is 44.3 Å². The Kier molecular flexibility index (Phi) is 4.34. The van der Waals surface area contributed by atoms with E-state index in [0.717, 1.165) is 4.31 Å². The SMILES string of the molecule is CC(CN(C)S(=O)(=O)c1ccc2[nH]c(=O)ccc2c1)C(=O)O. The first-order valence-corrected chi connectivity index (χ1v) is 7.98. The number of pyridine rings is 1. The first-order valence-electron chi connectivity index (χ1n) is 6.54. The molecule has 2 rings (SSSR count). The summed E-state index contributed by atoms with van der Waals surface area (Å²) in [7, 11) is -2.45. The van der Waals surface area contributed by atoms with Crippen LogP contribution in [0.4, 0.5) is 0 Å². The Bertz CT molecular complexity index is 872. The summed E-state index contributed by atoms with van der Waals surface area (Å²) < 4.78 is 25.9. The molecule has 0 fully saturated rings. The highest BCUT2D eigenvalue weighted by Crippen LogP contribution is 2.20. The molecule has 1 aromatic carbocycles. The zero-order valence-electron chi connectivity index (χ0n) is 12.1. The van der Waals surface area contributed by atoms with E-state index in [-0.39, 0.29) is 17.0 Å². The lowest BCUT2D eigenvalue weighted by Gasteiger charge is -2.19. The van der Waals surface area contributed by atoms with Gasteiger partial charge in [-0.25, -0.2) is 12.7 Å². The predicted molar refractivity (Wildman–Crippen MR) is 81.2 cm³/mol. The van der Waals surface area contributed by atoms with Gasteiger partial charge in [0.15, 0.2) is 0 Å². The number of carbonyl (C=O) groups is 1. The maximum Gasteiger partial charge on any atom is 0.307 e. The fraction of sp³-hybridized carbons (Fsp3) is 0.286. The van der Waals surface area contributed by atoms with Gasteiger partial charge in [-0.15, -0.1) is 0 Å². The number of H-pyrrole nitrogens is 1. The predicted octanol–water partition coefficient (Wildman–Crippen LogP) is 0.869. The molecule has 0 aliphatic rings. The summed E-state index contributed by atoms with van der Waals surface area (Å²) in [5.74, 6) is -1.87. The van der Waals surface area contributed by atoms with E-state index in [0.29, 0.717) is 10.9 Å². The number of aromatic amines is 1. The summed E-state index contributed by atoms with van der Waals surface area (Å²) in [6.45, 7) is 1.32. The van der Waals surface area contributed by atoms with Gasteiger partial charge in [0.05, 0.1) is 10.8 Å². The van der Waals surface area contributed by atoms with Gasteiger partial charge in [-0.1, -0.05) is 6.92 Å². The molecule has 7 nitrogen and oxygen atoms in total. The lowest BCUT2D eigenvalue weighted by atomic mass is 10.2. The third-order valence-electron chi connectivity index (χ3n) is 3.36. The highest BCUT2D eigenvalue weighted by molar-refractivity contribution is 7.89. The summed E-state index contributed by atoms with van der Waals surface area (Å²) in [6, 6.07) is 7.19. The number of hydrogen-bond donors (Lipinski definition) is 2. The summed E-state index contributed by atoms with van der Waals surface area (Å²) in [5, 5.41) is 9.46. The van der Waals surface area contributed by atoms with Crippen molar-refractivity contribution in [3.8, 4) is 0 Å². The minimum absolute atomic E-state index is 0.0483. The summed E-state index contributed by atoms with van der Waals surface area (Å²) in [4.78, 5) is 24.7. The fourth-order valence-corrected chi connectivity index (χ4v) is 3.33. The number of sulfonamides is 1. The molecule has 0 bridgehead atoms. The van der Waals surface area contributed by atoms with Crippen molar-refractivity contribution in [2.45, 2.75) is 11.8 Å². The van der Waals surface area contributed by atoms with E-state index in [1.807, 2.05) is 0 Å². The van der Waals surface area contributed by atoms with Gasteiger partial charge in [-0.2, -0.15) is 0 Å². The van der Waals surface area contributed by atoms with Crippen molar-refractivity contribution >= 4 is 26.9 Å². The Hall–Kier alpha value is -2.19. The minimum Gasteiger partial charge on any atom is -0.481 e. The molecule has 0 aliphatic heterocycles. The van der Waals surface area contributed by atoms with Crippen LogP contribution in [0, 0.1) is 5.92 Å². The number of aromatic nitrogens is 1. The first-order chi connectivity index (χ1) is 10.2. The molecule has 1 atom stereocenters. The van der Waals surface area contributed by atoms with E-state index in [4.69, 9.17) is 5.11 Å². The highest BCUT2D eigenvalue weighted by atomic mass is 32.2. The molecule has 22 heavy (non-hydrogen) atoms. The van der Waals surface area contributed by atoms with E-state index in [2.05, 4.69) is 4.98 Å². The molecular formula is C14H16N2O5S. The van der Waals surface area contributed by atoms with Gasteiger partial charge in [0.2, 0.25) is 15.6 Å². The Balaban J connectivity index is 2.38. The van der Waals surface area contributed by atoms with Crippen LogP contribution >= 0.6 is 0 Å². The lowest BCUT2D eigenvalue weighted by Crippen LogP contribution is -2.33. The van der Waals surface area contributed by atoms with Crippen molar-refractivity contribution in [1.82, 2.24) is 9.29 Å². The molecule has 1 unspecified atom stereocenters. The van der Waals surface area contributed by atoms with Crippen LogP contribution in [0.25, 0.3) is 10.9 Å². The molecule has 0 saturated carbocycles. The van der Waals surface area contributed by atoms with Crippen molar-refractivity contribution in [3.63, 3.8) is 0 Å². The van der Waals surface area contributed by atoms with Crippen LogP contribution in [0.1, 0.15) is 6.92 Å². The first kappa shape index (κ1) is 16.2. The van der Waals surface area contributed by atoms with E-state index in [9.17, 15) is 18.0 Å². The van der Waals surface area contributed by atoms with Gasteiger partial charge >= 0.3 is 5.97 Å². The summed E-state index contributed by atoms with van der Waals surface area (Å²) >= 11 is 0. The third kappa shape index (κ3) is 3.18. The summed E-state index contributed by atoms with van der Waals surface area (Å²) in [6.07, 6.45) is 0. The van der Waals surface area contributed by atoms with Gasteiger partial charge in [0, 0.05) is 25.2 Å². The van der Waals surface area contributed by atoms with Gasteiger partial charge in [-0.3, -0.25) is 9.59 Å². The number of carboxylic acids is 1. The van der Waals surface area contributed by atoms with Crippen molar-refractivity contribution in [3.05, 3.63) is 40.7 Å². The van der Waals surface area contributed by atoms with Crippen LogP contribution in [0.3, 0.4) is 0 Å². The second-order valence-corrected chi connectivity index (χ2v) is 7.14. The van der Waals surface area contributed by atoms with Crippen molar-refractivity contribution in [2.75, 3.05) is 13.6 Å². The Morgan fingerprint density at radius 1 is 1.32 bits per heavy atom. The molecule has 0 amide bonds. The number of aliphatic carboxylic acids is 1. The largest absolute Gasteiger partial charge is 0.481 e. The van der Waals surface area contributed by atoms with Crippen LogP contribution in [-0.4, -0.2) is 42.4 Å². The molecule has 0 saturated heterocycles. The lowest BCUT2D eigenvalue weighted by molar-refractivity contribution is -0.141. The monoisotopic (exact) mass is 324 g/mol. The van der Waals surface area contributed by atoms with E-state index in [1.54, 1.807) is 0 Å². The van der Waals surface area contributed by atoms with Crippen LogP contribution in [-0.2, 0) is 14.8 Å². The van der Waals surface area contributed by atoms with Gasteiger partial charge < -0.3 is 10.1 Å². The number of carboxylic acid groups (broad SMARTS) is 1. The fourth-order valence-electron chi connectivity index (χ4n) is 2.03. The van der Waals surface area contributed by atoms with Gasteiger partial charge in [0.25, 0.3) is 0 Å². The number of rotatable bonds is 5. The number of hydrogen-bond acceptors (Lipinski definition) is 4. The average molecular weight is 324 g/mol. The van der Waals surface area contributed by atoms with Gasteiger partial charge in [-0.05, 0) is 29.7 Å². The maximum absolute atomic E-state index is 12.5. The van der Waals surface area contributed by atoms with Crippen molar-refractivity contribution in [2.24, 2.45) is 5.92 Å². The normalized spacial score (nSPS) is 13.4. The van der Waals surface area contributed by atoms with Crippen LogP contribution in [0.15, 0.2) is 40.0 Å². The van der Waals surface area contributed by atoms with Gasteiger partial charge in [0.1, 0.15) is 0 Å². The van der Waals surface area contributed by atoms with Crippen molar-refractivity contribution < 1.29 is 18.3 Å². The number of fused-ring (bicyclic) bond motifs is 1. The molecule has 1 aromatic heterocycles. The Morgan fingerprint density at radius 2 is 2.00 bits per heavy atom. The van der Waals surface area contributed by atoms with Crippen LogP contribution < -0.4 is 5.56 Å². The maximum atomic E-state index is 12.5. The second kappa shape index (κ2) is 5.90. The highest BCUT2D eigenvalue weighted by Gasteiger charge is 2.25. The molecule has 8 heteroatoms. The molecule has 0 spiro atoms. The standard InChI is InChI=1S/C14H16N2O5S/c1-9(14(18)19)8-16(2)22(20,21)11-4-5-12-10(7-11)3-6-13(17)15-12/h3-7,9H,8H2,1-2H3,(H,15,17)(H,18,19). The quantitative estimate of drug-likeness (QED) is 0.848. The molecule has 0 aliphatic carbocycles. The average Bonchev–Trinajstić information content (AvgIpc) is 2.46. The zero-order chi connectivity index (χ0) is 16.5. The molecule has 1 heterocycles. The third-order valence-corrected chi connectivity index (χ3v) is 5.18. The van der Waals surface area contributed by atoms with E-state index >= 15 is 0 Å². The topological polar surface area (TPSA) is 108 Å². The minimum atomic E-state index is -3.79. The molecule has 2 aromatic rings. The molecule has 0 radical (unpaired) electrons. The smallest absolute Gasteiger partial charge is 0.307 e. The van der Waals surface area contributed by atoms with Crippen LogP contribution in [0.5, 0.6) is 0 Å². The molecule has 2 N–H and O–H groups in total.